The van der Waals surface area contributed by atoms with Crippen LogP contribution in [0.3, 0.4) is 0 Å². The zero-order chi connectivity index (χ0) is 45.5. The van der Waals surface area contributed by atoms with Gasteiger partial charge in [-0.1, -0.05) is 74.0 Å². The average molecular weight is 884 g/mol. The number of aliphatic hydroxyl groups is 1. The standard InChI is InChI=1S/C52H61N5O8/c1-7-33-25-34-28-51(47(59)63-6,43-37(19-23-56(29-33)30-34)36-17-12-13-18-40(36)54-43)39-26-38-41(27-42(39)62-5)55(4)45-50(38)21-24-57-22-14-20-49(8-2,44(50)57)46(64-32(3)58)52(45,61)31-53-48(60)65-35-15-10-9-11-16-35/h9-18,20,25-27,34,44-46,54,61H,7-8,19,21-24,28-31H2,1-6H3,(H,53,60)/t34-,44-,45+,46+,49+,50+,51-,52+/m0/s1. The molecule has 0 radical (unpaired) electrons. The molecule has 1 amide bonds. The van der Waals surface area contributed by atoms with Crippen LogP contribution < -0.4 is 19.7 Å². The second-order valence-electron chi connectivity index (χ2n) is 19.2. The number of ether oxygens (including phenoxy) is 4. The fraction of sp³-hybridized carbons (Fsp3) is 0.481. The largest absolute Gasteiger partial charge is 0.496 e. The maximum Gasteiger partial charge on any atom is 0.412 e. The third-order valence-electron chi connectivity index (χ3n) is 16.1. The summed E-state index contributed by atoms with van der Waals surface area (Å²) in [5, 5.41) is 17.9. The van der Waals surface area contributed by atoms with Gasteiger partial charge in [-0.15, -0.1) is 0 Å². The molecule has 1 aromatic heterocycles. The number of carbonyl (C=O) groups excluding carboxylic acids is 3. The van der Waals surface area contributed by atoms with E-state index in [4.69, 9.17) is 18.9 Å². The molecule has 9 atom stereocenters. The lowest BCUT2D eigenvalue weighted by atomic mass is 9.47. The quantitative estimate of drug-likeness (QED) is 0.127. The minimum Gasteiger partial charge on any atom is -0.496 e. The van der Waals surface area contributed by atoms with Gasteiger partial charge in [-0.05, 0) is 80.0 Å². The van der Waals surface area contributed by atoms with Gasteiger partial charge in [0.05, 0.1) is 26.8 Å². The maximum atomic E-state index is 15.4. The number of aromatic amines is 1. The van der Waals surface area contributed by atoms with Gasteiger partial charge in [-0.3, -0.25) is 19.4 Å². The Morgan fingerprint density at radius 3 is 2.51 bits per heavy atom. The predicted molar refractivity (Wildman–Crippen MR) is 247 cm³/mol. The van der Waals surface area contributed by atoms with E-state index >= 15 is 4.79 Å². The number of rotatable bonds is 9. The number of hydrogen-bond donors (Lipinski definition) is 3. The molecule has 1 spiro atoms. The normalized spacial score (nSPS) is 32.1. The minimum absolute atomic E-state index is 0.0193. The first-order chi connectivity index (χ1) is 31.4. The molecule has 13 nitrogen and oxygen atoms in total. The summed E-state index contributed by atoms with van der Waals surface area (Å²) < 4.78 is 24.6. The molecular formula is C52H61N5O8. The van der Waals surface area contributed by atoms with Crippen molar-refractivity contribution >= 4 is 34.6 Å². The Bertz CT molecular complexity index is 2610. The molecule has 13 heteroatoms. The van der Waals surface area contributed by atoms with Gasteiger partial charge in [0, 0.05) is 90.9 Å². The van der Waals surface area contributed by atoms with Gasteiger partial charge in [0.25, 0.3) is 0 Å². The van der Waals surface area contributed by atoms with Crippen molar-refractivity contribution in [3.8, 4) is 11.5 Å². The highest BCUT2D eigenvalue weighted by Crippen LogP contribution is 2.68. The number of likely N-dealkylation sites (N-methyl/N-ethyl adjacent to an activating group) is 1. The first-order valence-electron chi connectivity index (χ1n) is 23.3. The van der Waals surface area contributed by atoms with Crippen LogP contribution >= 0.6 is 0 Å². The summed E-state index contributed by atoms with van der Waals surface area (Å²) in [7, 11) is 5.10. The van der Waals surface area contributed by atoms with Crippen molar-refractivity contribution in [2.45, 2.75) is 87.5 Å². The fourth-order valence-corrected chi connectivity index (χ4v) is 13.9. The molecule has 5 aliphatic heterocycles. The van der Waals surface area contributed by atoms with Gasteiger partial charge in [0.2, 0.25) is 0 Å². The second kappa shape index (κ2) is 16.1. The number of fused-ring (bicyclic) bond motifs is 6. The number of anilines is 1. The fourth-order valence-electron chi connectivity index (χ4n) is 13.9. The maximum absolute atomic E-state index is 15.4. The topological polar surface area (TPSA) is 146 Å². The van der Waals surface area contributed by atoms with E-state index in [9.17, 15) is 14.7 Å². The van der Waals surface area contributed by atoms with Crippen LogP contribution in [0.2, 0.25) is 0 Å². The number of nitrogens with one attached hydrogen (secondary N) is 2. The Kier molecular flexibility index (Phi) is 10.7. The summed E-state index contributed by atoms with van der Waals surface area (Å²) >= 11 is 0. The zero-order valence-electron chi connectivity index (χ0n) is 38.3. The highest BCUT2D eigenvalue weighted by atomic mass is 16.6. The van der Waals surface area contributed by atoms with Crippen LogP contribution in [0, 0.1) is 11.3 Å². The predicted octanol–water partition coefficient (Wildman–Crippen LogP) is 6.41. The first-order valence-corrected chi connectivity index (χ1v) is 23.3. The lowest BCUT2D eigenvalue weighted by Gasteiger charge is -2.64. The van der Waals surface area contributed by atoms with E-state index in [1.807, 2.05) is 25.2 Å². The van der Waals surface area contributed by atoms with Crippen LogP contribution in [-0.4, -0.2) is 122 Å². The number of amides is 1. The monoisotopic (exact) mass is 883 g/mol. The van der Waals surface area contributed by atoms with Crippen LogP contribution in [0.25, 0.3) is 10.9 Å². The van der Waals surface area contributed by atoms with Gasteiger partial charge >= 0.3 is 18.0 Å². The number of esters is 2. The Balaban J connectivity index is 1.22. The Labute approximate surface area is 380 Å². The lowest BCUT2D eigenvalue weighted by molar-refractivity contribution is -0.216. The zero-order valence-corrected chi connectivity index (χ0v) is 38.3. The van der Waals surface area contributed by atoms with Crippen molar-refractivity contribution in [1.82, 2.24) is 20.1 Å². The van der Waals surface area contributed by atoms with E-state index in [2.05, 4.69) is 81.3 Å². The van der Waals surface area contributed by atoms with Gasteiger partial charge in [-0.2, -0.15) is 0 Å². The molecule has 65 heavy (non-hydrogen) atoms. The summed E-state index contributed by atoms with van der Waals surface area (Å²) in [5.41, 5.74) is 1.86. The van der Waals surface area contributed by atoms with E-state index in [1.54, 1.807) is 31.4 Å². The van der Waals surface area contributed by atoms with E-state index in [-0.39, 0.29) is 24.5 Å². The second-order valence-corrected chi connectivity index (χ2v) is 19.2. The van der Waals surface area contributed by atoms with Crippen molar-refractivity contribution in [2.24, 2.45) is 11.3 Å². The first kappa shape index (κ1) is 43.3. The van der Waals surface area contributed by atoms with Crippen LogP contribution in [0.1, 0.15) is 68.8 Å². The summed E-state index contributed by atoms with van der Waals surface area (Å²) in [6, 6.07) is 20.3. The summed E-state index contributed by atoms with van der Waals surface area (Å²) in [5.74, 6) is 0.00240. The molecule has 6 aliphatic rings. The van der Waals surface area contributed by atoms with Gasteiger partial charge in [-0.25, -0.2) is 4.79 Å². The molecule has 10 rings (SSSR count). The number of aromatic nitrogens is 1. The molecule has 4 aromatic rings. The van der Waals surface area contributed by atoms with E-state index in [1.165, 1.54) is 19.6 Å². The average Bonchev–Trinajstić information content (AvgIpc) is 3.98. The van der Waals surface area contributed by atoms with E-state index in [0.29, 0.717) is 49.4 Å². The molecule has 342 valence electrons. The molecule has 3 aromatic carbocycles. The minimum atomic E-state index is -1.86. The van der Waals surface area contributed by atoms with Crippen LogP contribution in [0.5, 0.6) is 11.5 Å². The number of nitrogens with zero attached hydrogens (tertiary/aromatic N) is 3. The third kappa shape index (κ3) is 6.32. The van der Waals surface area contributed by atoms with Crippen molar-refractivity contribution < 1.29 is 38.4 Å². The van der Waals surface area contributed by atoms with Gasteiger partial charge in [0.1, 0.15) is 28.6 Å². The molecule has 3 N–H and O–H groups in total. The highest BCUT2D eigenvalue weighted by Gasteiger charge is 2.78. The van der Waals surface area contributed by atoms with Gasteiger partial charge < -0.3 is 39.3 Å². The number of methoxy groups -OCH3 is 2. The molecule has 2 bridgehead atoms. The van der Waals surface area contributed by atoms with Crippen LogP contribution in [0.15, 0.2) is 90.5 Å². The molecule has 1 saturated carbocycles. The van der Waals surface area contributed by atoms with Crippen molar-refractivity contribution in [3.63, 3.8) is 0 Å². The number of benzene rings is 3. The smallest absolute Gasteiger partial charge is 0.412 e. The van der Waals surface area contributed by atoms with Crippen LogP contribution in [-0.2, 0) is 36.3 Å². The van der Waals surface area contributed by atoms with Gasteiger partial charge in [0.15, 0.2) is 0 Å². The van der Waals surface area contributed by atoms with Crippen LogP contribution in [0.4, 0.5) is 10.5 Å². The van der Waals surface area contributed by atoms with E-state index < -0.39 is 46.1 Å². The van der Waals surface area contributed by atoms with Crippen molar-refractivity contribution in [3.05, 3.63) is 113 Å². The van der Waals surface area contributed by atoms with Crippen molar-refractivity contribution in [1.29, 1.82) is 0 Å². The number of carbonyl (C=O) groups is 3. The Morgan fingerprint density at radius 2 is 1.77 bits per heavy atom. The summed E-state index contributed by atoms with van der Waals surface area (Å²) in [4.78, 5) is 53.3. The van der Waals surface area contributed by atoms with Crippen molar-refractivity contribution in [2.75, 3.05) is 65.4 Å². The number of hydrogen-bond acceptors (Lipinski definition) is 11. The molecule has 2 fully saturated rings. The lowest BCUT2D eigenvalue weighted by Crippen LogP contribution is -2.81. The number of H-pyrrole nitrogens is 1. The molecule has 1 unspecified atom stereocenters. The SMILES string of the molecule is CCC1=C[C@@H]2CN(CCc3c([nH]c4ccccc34)[C@@](C(=O)OC)(c3cc4c(cc3OC)N(C)[C@H]3[C@](O)(CNC(=O)Oc5ccccc5)[C@H](OC(C)=O)[C@]5(CC)C=CCN6CC[C@]43[C@@H]65)C2)C1. The molecule has 1 aliphatic carbocycles. The Hall–Kier alpha value is -5.63. The Morgan fingerprint density at radius 1 is 0.985 bits per heavy atom. The molecule has 6 heterocycles. The summed E-state index contributed by atoms with van der Waals surface area (Å²) in [6.07, 6.45) is 8.13. The number of para-hydroxylation sites is 2. The molecule has 1 saturated heterocycles. The van der Waals surface area contributed by atoms with E-state index in [0.717, 1.165) is 65.9 Å². The highest BCUT2D eigenvalue weighted by molar-refractivity contribution is 5.94. The third-order valence-corrected chi connectivity index (χ3v) is 16.1. The summed E-state index contributed by atoms with van der Waals surface area (Å²) in [6.45, 7) is 9.33. The molecular weight excluding hydrogens is 823 g/mol.